The van der Waals surface area contributed by atoms with E-state index in [1.54, 1.807) is 23.9 Å². The minimum atomic E-state index is -0.396. The van der Waals surface area contributed by atoms with Gasteiger partial charge in [0.2, 0.25) is 0 Å². The zero-order valence-electron chi connectivity index (χ0n) is 10.8. The lowest BCUT2D eigenvalue weighted by atomic mass is 10.1. The van der Waals surface area contributed by atoms with Crippen LogP contribution in [0.2, 0.25) is 0 Å². The van der Waals surface area contributed by atoms with Crippen molar-refractivity contribution in [3.8, 4) is 5.75 Å². The van der Waals surface area contributed by atoms with Gasteiger partial charge in [0.15, 0.2) is 11.6 Å². The van der Waals surface area contributed by atoms with Crippen LogP contribution in [0.1, 0.15) is 11.6 Å². The summed E-state index contributed by atoms with van der Waals surface area (Å²) in [6.45, 7) is 0. The van der Waals surface area contributed by atoms with Gasteiger partial charge < -0.3 is 9.47 Å². The minimum absolute atomic E-state index is 0.0664. The molecule has 1 aliphatic heterocycles. The number of carbonyl (C=O) groups is 1. The van der Waals surface area contributed by atoms with Crippen molar-refractivity contribution in [2.24, 2.45) is 0 Å². The predicted molar refractivity (Wildman–Crippen MR) is 72.0 cm³/mol. The third kappa shape index (κ3) is 3.19. The Bertz CT molecular complexity index is 469. The molecule has 1 aromatic rings. The van der Waals surface area contributed by atoms with Crippen LogP contribution in [0.3, 0.4) is 0 Å². The summed E-state index contributed by atoms with van der Waals surface area (Å²) < 4.78 is 23.3. The fraction of sp³-hybridized carbons (Fsp3) is 0.462. The fourth-order valence-corrected chi connectivity index (χ4v) is 3.14. The molecule has 0 amide bonds. The molecule has 0 spiro atoms. The highest BCUT2D eigenvalue weighted by Crippen LogP contribution is 2.27. The van der Waals surface area contributed by atoms with Crippen molar-refractivity contribution in [2.75, 3.05) is 25.7 Å². The number of carbonyl (C=O) groups excluding carboxylic acids is 1. The maximum atomic E-state index is 13.7. The fourth-order valence-electron chi connectivity index (χ4n) is 2.01. The van der Waals surface area contributed by atoms with E-state index < -0.39 is 5.82 Å². The van der Waals surface area contributed by atoms with Crippen molar-refractivity contribution in [3.05, 3.63) is 29.6 Å². The van der Waals surface area contributed by atoms with Gasteiger partial charge in [0.1, 0.15) is 6.04 Å². The lowest BCUT2D eigenvalue weighted by Crippen LogP contribution is -2.45. The SMILES string of the molecule is COC(=O)C1CSCC(c2ccc(OC)c(F)c2)N1. The zero-order valence-corrected chi connectivity index (χ0v) is 11.6. The van der Waals surface area contributed by atoms with E-state index in [4.69, 9.17) is 9.47 Å². The van der Waals surface area contributed by atoms with Crippen LogP contribution in [0.5, 0.6) is 5.75 Å². The van der Waals surface area contributed by atoms with E-state index in [1.165, 1.54) is 20.3 Å². The lowest BCUT2D eigenvalue weighted by molar-refractivity contribution is -0.142. The first kappa shape index (κ1) is 14.1. The summed E-state index contributed by atoms with van der Waals surface area (Å²) in [5.74, 6) is 0.996. The van der Waals surface area contributed by atoms with E-state index in [0.29, 0.717) is 5.75 Å². The molecule has 2 atom stereocenters. The molecule has 0 bridgehead atoms. The molecule has 1 aromatic carbocycles. The molecule has 4 nitrogen and oxygen atoms in total. The normalized spacial score (nSPS) is 22.9. The molecule has 2 unspecified atom stereocenters. The molecule has 1 fully saturated rings. The average Bonchev–Trinajstić information content (AvgIpc) is 2.46. The second-order valence-electron chi connectivity index (χ2n) is 4.23. The molecular formula is C13H16FNO3S. The van der Waals surface area contributed by atoms with Crippen LogP contribution in [0.25, 0.3) is 0 Å². The van der Waals surface area contributed by atoms with E-state index >= 15 is 0 Å². The van der Waals surface area contributed by atoms with Crippen molar-refractivity contribution < 1.29 is 18.7 Å². The molecule has 6 heteroatoms. The number of thioether (sulfide) groups is 1. The van der Waals surface area contributed by atoms with E-state index in [-0.39, 0.29) is 23.8 Å². The average molecular weight is 285 g/mol. The van der Waals surface area contributed by atoms with Gasteiger partial charge in [-0.15, -0.1) is 0 Å². The number of methoxy groups -OCH3 is 2. The van der Waals surface area contributed by atoms with Crippen molar-refractivity contribution in [3.63, 3.8) is 0 Å². The molecule has 19 heavy (non-hydrogen) atoms. The highest BCUT2D eigenvalue weighted by molar-refractivity contribution is 7.99. The molecule has 1 heterocycles. The van der Waals surface area contributed by atoms with Gasteiger partial charge in [0.25, 0.3) is 0 Å². The number of benzene rings is 1. The first-order valence-electron chi connectivity index (χ1n) is 5.90. The largest absolute Gasteiger partial charge is 0.494 e. The summed E-state index contributed by atoms with van der Waals surface area (Å²) in [6.07, 6.45) is 0. The smallest absolute Gasteiger partial charge is 0.323 e. The Morgan fingerprint density at radius 2 is 2.21 bits per heavy atom. The van der Waals surface area contributed by atoms with Gasteiger partial charge in [-0.05, 0) is 17.7 Å². The molecule has 0 radical (unpaired) electrons. The molecule has 1 N–H and O–H groups in total. The number of hydrogen-bond acceptors (Lipinski definition) is 5. The van der Waals surface area contributed by atoms with Crippen LogP contribution in [0.4, 0.5) is 4.39 Å². The topological polar surface area (TPSA) is 47.6 Å². The zero-order chi connectivity index (χ0) is 13.8. The summed E-state index contributed by atoms with van der Waals surface area (Å²) in [5, 5.41) is 3.18. The van der Waals surface area contributed by atoms with Crippen molar-refractivity contribution in [1.82, 2.24) is 5.32 Å². The maximum absolute atomic E-state index is 13.7. The summed E-state index contributed by atoms with van der Waals surface area (Å²) in [6, 6.07) is 4.43. The first-order chi connectivity index (χ1) is 9.15. The van der Waals surface area contributed by atoms with Crippen molar-refractivity contribution >= 4 is 17.7 Å². The van der Waals surface area contributed by atoms with E-state index in [1.807, 2.05) is 0 Å². The van der Waals surface area contributed by atoms with Gasteiger partial charge >= 0.3 is 5.97 Å². The lowest BCUT2D eigenvalue weighted by Gasteiger charge is -2.29. The van der Waals surface area contributed by atoms with Crippen molar-refractivity contribution in [1.29, 1.82) is 0 Å². The van der Waals surface area contributed by atoms with Crippen LogP contribution in [0, 0.1) is 5.82 Å². The van der Waals surface area contributed by atoms with Crippen LogP contribution >= 0.6 is 11.8 Å². The third-order valence-electron chi connectivity index (χ3n) is 3.04. The van der Waals surface area contributed by atoms with Gasteiger partial charge in [-0.25, -0.2) is 4.39 Å². The molecule has 1 aliphatic rings. The van der Waals surface area contributed by atoms with Crippen LogP contribution in [-0.4, -0.2) is 37.7 Å². The van der Waals surface area contributed by atoms with Crippen molar-refractivity contribution in [2.45, 2.75) is 12.1 Å². The number of ether oxygens (including phenoxy) is 2. The summed E-state index contributed by atoms with van der Waals surface area (Å²) in [4.78, 5) is 11.5. The highest BCUT2D eigenvalue weighted by atomic mass is 32.2. The van der Waals surface area contributed by atoms with Crippen LogP contribution in [-0.2, 0) is 9.53 Å². The number of hydrogen-bond donors (Lipinski definition) is 1. The van der Waals surface area contributed by atoms with E-state index in [0.717, 1.165) is 11.3 Å². The second-order valence-corrected chi connectivity index (χ2v) is 5.30. The number of esters is 1. The Labute approximate surface area is 115 Å². The minimum Gasteiger partial charge on any atom is -0.494 e. The Balaban J connectivity index is 2.13. The Hall–Kier alpha value is -1.27. The summed E-state index contributed by atoms with van der Waals surface area (Å²) in [5.41, 5.74) is 0.805. The molecule has 0 aromatic heterocycles. The molecule has 104 valence electrons. The molecule has 0 saturated carbocycles. The van der Waals surface area contributed by atoms with Gasteiger partial charge in [-0.1, -0.05) is 6.07 Å². The quantitative estimate of drug-likeness (QED) is 0.857. The number of halogens is 1. The van der Waals surface area contributed by atoms with Gasteiger partial charge in [0, 0.05) is 17.5 Å². The number of nitrogens with one attached hydrogen (secondary N) is 1. The van der Waals surface area contributed by atoms with Crippen LogP contribution in [0.15, 0.2) is 18.2 Å². The van der Waals surface area contributed by atoms with E-state index in [9.17, 15) is 9.18 Å². The Kier molecular flexibility index (Phi) is 4.66. The summed E-state index contributed by atoms with van der Waals surface area (Å²) >= 11 is 1.65. The second kappa shape index (κ2) is 6.25. The standard InChI is InChI=1S/C13H16FNO3S/c1-17-12-4-3-8(5-9(12)14)10-6-19-7-11(15-10)13(16)18-2/h3-5,10-11,15H,6-7H2,1-2H3. The van der Waals surface area contributed by atoms with E-state index in [2.05, 4.69) is 5.32 Å². The maximum Gasteiger partial charge on any atom is 0.323 e. The Morgan fingerprint density at radius 1 is 1.42 bits per heavy atom. The number of rotatable bonds is 3. The predicted octanol–water partition coefficient (Wildman–Crippen LogP) is 1.75. The van der Waals surface area contributed by atoms with Crippen LogP contribution < -0.4 is 10.1 Å². The summed E-state index contributed by atoms with van der Waals surface area (Å²) in [7, 11) is 2.80. The Morgan fingerprint density at radius 3 is 2.84 bits per heavy atom. The monoisotopic (exact) mass is 285 g/mol. The molecular weight excluding hydrogens is 269 g/mol. The molecule has 0 aliphatic carbocycles. The molecule has 2 rings (SSSR count). The molecule has 1 saturated heterocycles. The highest BCUT2D eigenvalue weighted by Gasteiger charge is 2.28. The first-order valence-corrected chi connectivity index (χ1v) is 7.06. The third-order valence-corrected chi connectivity index (χ3v) is 4.17. The van der Waals surface area contributed by atoms with Gasteiger partial charge in [-0.2, -0.15) is 11.8 Å². The van der Waals surface area contributed by atoms with Gasteiger partial charge in [0.05, 0.1) is 14.2 Å². The van der Waals surface area contributed by atoms with Gasteiger partial charge in [-0.3, -0.25) is 10.1 Å².